The first kappa shape index (κ1) is 13.9. The maximum absolute atomic E-state index is 11.0. The monoisotopic (exact) mass is 272 g/mol. The van der Waals surface area contributed by atoms with Crippen molar-refractivity contribution >= 4 is 11.7 Å². The Bertz CT molecular complexity index is 582. The molecule has 2 N–H and O–H groups in total. The van der Waals surface area contributed by atoms with Crippen LogP contribution in [0.1, 0.15) is 15.9 Å². The molecule has 0 fully saturated rings. The van der Waals surface area contributed by atoms with Gasteiger partial charge in [-0.2, -0.15) is 0 Å². The van der Waals surface area contributed by atoms with Gasteiger partial charge in [0, 0.05) is 12.7 Å². The third kappa shape index (κ3) is 3.47. The van der Waals surface area contributed by atoms with E-state index in [1.54, 1.807) is 7.11 Å². The number of aromatic carboxylic acids is 1. The van der Waals surface area contributed by atoms with Crippen LogP contribution in [0, 0.1) is 0 Å². The number of ether oxygens (including phenoxy) is 1. The number of hydrogen-bond acceptors (Lipinski definition) is 4. The van der Waals surface area contributed by atoms with E-state index in [2.05, 4.69) is 10.3 Å². The summed E-state index contributed by atoms with van der Waals surface area (Å²) in [4.78, 5) is 15.0. The van der Waals surface area contributed by atoms with Crippen LogP contribution in [-0.2, 0) is 6.42 Å². The molecular formula is C15H16N2O3. The Kier molecular flexibility index (Phi) is 4.55. The van der Waals surface area contributed by atoms with Crippen LogP contribution in [0.3, 0.4) is 0 Å². The molecule has 0 aliphatic carbocycles. The van der Waals surface area contributed by atoms with Gasteiger partial charge in [0.05, 0.1) is 24.6 Å². The van der Waals surface area contributed by atoms with E-state index in [1.165, 1.54) is 18.5 Å². The SMILES string of the molecule is COc1ccc(CCNc2cnccc2C(=O)O)cc1. The van der Waals surface area contributed by atoms with Gasteiger partial charge >= 0.3 is 5.97 Å². The number of carboxylic acids is 1. The Hall–Kier alpha value is -2.56. The lowest BCUT2D eigenvalue weighted by molar-refractivity contribution is 0.0698. The van der Waals surface area contributed by atoms with Crippen molar-refractivity contribution in [3.8, 4) is 5.75 Å². The summed E-state index contributed by atoms with van der Waals surface area (Å²) in [5.41, 5.74) is 1.92. The first-order valence-corrected chi connectivity index (χ1v) is 6.25. The second kappa shape index (κ2) is 6.56. The predicted octanol–water partition coefficient (Wildman–Crippen LogP) is 2.44. The van der Waals surface area contributed by atoms with Crippen molar-refractivity contribution in [1.29, 1.82) is 0 Å². The molecule has 20 heavy (non-hydrogen) atoms. The molecule has 1 heterocycles. The molecule has 1 aromatic heterocycles. The molecule has 2 rings (SSSR count). The lowest BCUT2D eigenvalue weighted by atomic mass is 10.1. The number of benzene rings is 1. The van der Waals surface area contributed by atoms with Crippen LogP contribution < -0.4 is 10.1 Å². The summed E-state index contributed by atoms with van der Waals surface area (Å²) in [5, 5.41) is 12.2. The molecule has 0 radical (unpaired) electrons. The molecule has 1 aromatic carbocycles. The third-order valence-corrected chi connectivity index (χ3v) is 2.94. The maximum atomic E-state index is 11.0. The van der Waals surface area contributed by atoms with Gasteiger partial charge in [0.15, 0.2) is 0 Å². The number of anilines is 1. The fraction of sp³-hybridized carbons (Fsp3) is 0.200. The molecule has 104 valence electrons. The van der Waals surface area contributed by atoms with Gasteiger partial charge in [0.25, 0.3) is 0 Å². The van der Waals surface area contributed by atoms with E-state index in [0.29, 0.717) is 12.2 Å². The highest BCUT2D eigenvalue weighted by Gasteiger charge is 2.08. The molecule has 0 amide bonds. The molecule has 0 aliphatic heterocycles. The van der Waals surface area contributed by atoms with Crippen LogP contribution >= 0.6 is 0 Å². The Morgan fingerprint density at radius 2 is 2.05 bits per heavy atom. The molecule has 0 unspecified atom stereocenters. The fourth-order valence-electron chi connectivity index (χ4n) is 1.86. The topological polar surface area (TPSA) is 71.5 Å². The van der Waals surface area contributed by atoms with Gasteiger partial charge in [-0.15, -0.1) is 0 Å². The van der Waals surface area contributed by atoms with Crippen molar-refractivity contribution in [1.82, 2.24) is 4.98 Å². The average Bonchev–Trinajstić information content (AvgIpc) is 2.48. The molecule has 0 saturated heterocycles. The minimum Gasteiger partial charge on any atom is -0.497 e. The summed E-state index contributed by atoms with van der Waals surface area (Å²) in [6.45, 7) is 0.637. The van der Waals surface area contributed by atoms with Gasteiger partial charge in [0.2, 0.25) is 0 Å². The first-order chi connectivity index (χ1) is 9.70. The summed E-state index contributed by atoms with van der Waals surface area (Å²) in [5.74, 6) is -0.138. The number of methoxy groups -OCH3 is 1. The van der Waals surface area contributed by atoms with E-state index in [4.69, 9.17) is 9.84 Å². The molecule has 5 nitrogen and oxygen atoms in total. The summed E-state index contributed by atoms with van der Waals surface area (Å²) < 4.78 is 5.10. The molecule has 0 bridgehead atoms. The average molecular weight is 272 g/mol. The number of carbonyl (C=O) groups is 1. The van der Waals surface area contributed by atoms with Crippen molar-refractivity contribution in [3.63, 3.8) is 0 Å². The van der Waals surface area contributed by atoms with Crippen LogP contribution in [0.25, 0.3) is 0 Å². The quantitative estimate of drug-likeness (QED) is 0.845. The van der Waals surface area contributed by atoms with Gasteiger partial charge < -0.3 is 15.2 Å². The fourth-order valence-corrected chi connectivity index (χ4v) is 1.86. The molecule has 5 heteroatoms. The van der Waals surface area contributed by atoms with Gasteiger partial charge in [-0.05, 0) is 30.2 Å². The standard InChI is InChI=1S/C15H16N2O3/c1-20-12-4-2-11(3-5-12)6-9-17-14-10-16-8-7-13(14)15(18)19/h2-5,7-8,10,17H,6,9H2,1H3,(H,18,19). The van der Waals surface area contributed by atoms with Crippen LogP contribution in [0.15, 0.2) is 42.7 Å². The maximum Gasteiger partial charge on any atom is 0.337 e. The van der Waals surface area contributed by atoms with Crippen molar-refractivity contribution in [3.05, 3.63) is 53.9 Å². The van der Waals surface area contributed by atoms with Crippen molar-refractivity contribution in [2.45, 2.75) is 6.42 Å². The second-order valence-corrected chi connectivity index (χ2v) is 4.25. The van der Waals surface area contributed by atoms with E-state index in [-0.39, 0.29) is 5.56 Å². The lowest BCUT2D eigenvalue weighted by Gasteiger charge is -2.09. The first-order valence-electron chi connectivity index (χ1n) is 6.25. The van der Waals surface area contributed by atoms with Crippen LogP contribution in [-0.4, -0.2) is 29.7 Å². The third-order valence-electron chi connectivity index (χ3n) is 2.94. The molecule has 0 saturated carbocycles. The van der Waals surface area contributed by atoms with Gasteiger partial charge in [-0.3, -0.25) is 4.98 Å². The summed E-state index contributed by atoms with van der Waals surface area (Å²) in [6, 6.07) is 9.27. The van der Waals surface area contributed by atoms with E-state index in [1.807, 2.05) is 24.3 Å². The number of aromatic nitrogens is 1. The highest BCUT2D eigenvalue weighted by molar-refractivity contribution is 5.93. The number of pyridine rings is 1. The molecule has 0 spiro atoms. The smallest absolute Gasteiger partial charge is 0.337 e. The van der Waals surface area contributed by atoms with Crippen molar-refractivity contribution in [2.24, 2.45) is 0 Å². The van der Waals surface area contributed by atoms with Gasteiger partial charge in [0.1, 0.15) is 5.75 Å². The van der Waals surface area contributed by atoms with Gasteiger partial charge in [-0.25, -0.2) is 4.79 Å². The van der Waals surface area contributed by atoms with E-state index < -0.39 is 5.97 Å². The van der Waals surface area contributed by atoms with Crippen molar-refractivity contribution in [2.75, 3.05) is 19.0 Å². The molecule has 0 aliphatic rings. The summed E-state index contributed by atoms with van der Waals surface area (Å²) >= 11 is 0. The number of nitrogens with one attached hydrogen (secondary N) is 1. The van der Waals surface area contributed by atoms with E-state index >= 15 is 0 Å². The van der Waals surface area contributed by atoms with Crippen molar-refractivity contribution < 1.29 is 14.6 Å². The minimum atomic E-state index is -0.959. The molecular weight excluding hydrogens is 256 g/mol. The molecule has 0 atom stereocenters. The van der Waals surface area contributed by atoms with Crippen LogP contribution in [0.5, 0.6) is 5.75 Å². The zero-order valence-corrected chi connectivity index (χ0v) is 11.2. The number of rotatable bonds is 6. The predicted molar refractivity (Wildman–Crippen MR) is 76.4 cm³/mol. The molecule has 2 aromatic rings. The van der Waals surface area contributed by atoms with Gasteiger partial charge in [-0.1, -0.05) is 12.1 Å². The number of carboxylic acid groups (broad SMARTS) is 1. The van der Waals surface area contributed by atoms with E-state index in [9.17, 15) is 4.79 Å². The van der Waals surface area contributed by atoms with Crippen LogP contribution in [0.2, 0.25) is 0 Å². The Labute approximate surface area is 117 Å². The summed E-state index contributed by atoms with van der Waals surface area (Å²) in [6.07, 6.45) is 3.79. The van der Waals surface area contributed by atoms with Crippen LogP contribution in [0.4, 0.5) is 5.69 Å². The second-order valence-electron chi connectivity index (χ2n) is 4.25. The number of nitrogens with zero attached hydrogens (tertiary/aromatic N) is 1. The lowest BCUT2D eigenvalue weighted by Crippen LogP contribution is -2.09. The highest BCUT2D eigenvalue weighted by Crippen LogP contribution is 2.14. The summed E-state index contributed by atoms with van der Waals surface area (Å²) in [7, 11) is 1.63. The Morgan fingerprint density at radius 1 is 1.30 bits per heavy atom. The largest absolute Gasteiger partial charge is 0.497 e. The zero-order valence-electron chi connectivity index (χ0n) is 11.2. The zero-order chi connectivity index (χ0) is 14.4. The highest BCUT2D eigenvalue weighted by atomic mass is 16.5. The Balaban J connectivity index is 1.94. The van der Waals surface area contributed by atoms with E-state index in [0.717, 1.165) is 17.7 Å². The normalized spacial score (nSPS) is 10.1. The Morgan fingerprint density at radius 3 is 2.70 bits per heavy atom. The number of hydrogen-bond donors (Lipinski definition) is 2. The minimum absolute atomic E-state index is 0.231.